The maximum atomic E-state index is 15.4. The van der Waals surface area contributed by atoms with Gasteiger partial charge < -0.3 is 34.5 Å². The van der Waals surface area contributed by atoms with E-state index in [2.05, 4.69) is 10.1 Å². The van der Waals surface area contributed by atoms with E-state index in [1.54, 1.807) is 27.7 Å². The molecule has 3 aromatic heterocycles. The number of fused-ring (bicyclic) bond motifs is 1. The van der Waals surface area contributed by atoms with Crippen LogP contribution in [0, 0.1) is 11.6 Å². The zero-order valence-electron chi connectivity index (χ0n) is 23.2. The number of nitrogens with two attached hydrogens (primary N) is 1. The number of rotatable bonds is 7. The summed E-state index contributed by atoms with van der Waals surface area (Å²) in [6.07, 6.45) is 2.94. The molecule has 7 rings (SSSR count). The number of aromatic carboxylic acids is 1. The molecule has 2 atom stereocenters. The first kappa shape index (κ1) is 27.8. The first-order chi connectivity index (χ1) is 21.2. The van der Waals surface area contributed by atoms with Gasteiger partial charge in [-0.05, 0) is 37.1 Å². The van der Waals surface area contributed by atoms with Gasteiger partial charge in [-0.2, -0.15) is 0 Å². The fraction of sp³-hybridized carbons (Fsp3) is 0.345. The molecule has 1 amide bonds. The minimum Gasteiger partial charge on any atom is -0.477 e. The van der Waals surface area contributed by atoms with Crippen molar-refractivity contribution in [3.8, 4) is 0 Å². The highest BCUT2D eigenvalue weighted by Crippen LogP contribution is 2.37. The number of amides is 1. The van der Waals surface area contributed by atoms with Crippen molar-refractivity contribution in [2.24, 2.45) is 5.73 Å². The number of anilines is 3. The molecule has 5 heterocycles. The Balaban J connectivity index is 1.07. The molecule has 44 heavy (non-hydrogen) atoms. The van der Waals surface area contributed by atoms with Crippen molar-refractivity contribution in [3.05, 3.63) is 75.9 Å². The summed E-state index contributed by atoms with van der Waals surface area (Å²) in [5.74, 6) is -2.59. The second kappa shape index (κ2) is 10.6. The molecule has 0 radical (unpaired) electrons. The topological polar surface area (TPSA) is 160 Å². The van der Waals surface area contributed by atoms with Gasteiger partial charge in [0.15, 0.2) is 11.6 Å². The van der Waals surface area contributed by atoms with Gasteiger partial charge in [0, 0.05) is 44.5 Å². The van der Waals surface area contributed by atoms with Crippen molar-refractivity contribution in [1.82, 2.24) is 14.7 Å². The number of piperazine rings is 1. The zero-order valence-corrected chi connectivity index (χ0v) is 23.2. The summed E-state index contributed by atoms with van der Waals surface area (Å²) >= 11 is 0. The van der Waals surface area contributed by atoms with E-state index in [9.17, 15) is 19.5 Å². The molecule has 1 saturated carbocycles. The Morgan fingerprint density at radius 1 is 1.05 bits per heavy atom. The van der Waals surface area contributed by atoms with Gasteiger partial charge in [0.2, 0.25) is 5.43 Å². The molecule has 2 aliphatic heterocycles. The number of hydrogen-bond donors (Lipinski definition) is 2. The number of carbonyl (C=O) groups is 2. The Kier molecular flexibility index (Phi) is 6.68. The number of carbonyl (C=O) groups excluding carboxylic acids is 1. The van der Waals surface area contributed by atoms with Gasteiger partial charge in [0.1, 0.15) is 35.1 Å². The van der Waals surface area contributed by atoms with Gasteiger partial charge in [0.05, 0.1) is 29.3 Å². The highest BCUT2D eigenvalue weighted by Gasteiger charge is 2.38. The largest absolute Gasteiger partial charge is 0.477 e. The van der Waals surface area contributed by atoms with Crippen LogP contribution < -0.4 is 25.9 Å². The Morgan fingerprint density at radius 3 is 2.45 bits per heavy atom. The number of aromatic nitrogens is 3. The van der Waals surface area contributed by atoms with E-state index in [0.29, 0.717) is 43.2 Å². The molecule has 13 nitrogen and oxygen atoms in total. The summed E-state index contributed by atoms with van der Waals surface area (Å²) < 4.78 is 42.5. The molecule has 1 aromatic carbocycles. The standard InChI is InChI=1S/C29H27F2N7O6/c30-19-11-16(38-14-23(44-29(38)42)24(32)21-5-10-43-34-21)3-4-22(19)35-6-8-36(9-7-35)27-20(31)12-17-25(39)18(28(40)41)13-37(15-1-2-15)26(17)33-27/h3-5,10-13,15,23-24H,1-2,6-9,14,32H2,(H,40,41)/t23?,24-/m0/s1. The number of ether oxygens (including phenoxy) is 1. The van der Waals surface area contributed by atoms with E-state index in [4.69, 9.17) is 15.0 Å². The summed E-state index contributed by atoms with van der Waals surface area (Å²) in [5, 5.41) is 13.2. The number of hydrogen-bond acceptors (Lipinski definition) is 10. The van der Waals surface area contributed by atoms with E-state index in [0.717, 1.165) is 18.9 Å². The van der Waals surface area contributed by atoms with Crippen molar-refractivity contribution < 1.29 is 32.7 Å². The van der Waals surface area contributed by atoms with Crippen molar-refractivity contribution >= 4 is 40.3 Å². The monoisotopic (exact) mass is 607 g/mol. The average molecular weight is 608 g/mol. The maximum Gasteiger partial charge on any atom is 0.414 e. The van der Waals surface area contributed by atoms with Crippen LogP contribution >= 0.6 is 0 Å². The third kappa shape index (κ3) is 4.78. The molecule has 3 fully saturated rings. The molecular formula is C29H27F2N7O6. The number of nitrogens with zero attached hydrogens (tertiary/aromatic N) is 6. The first-order valence-corrected chi connectivity index (χ1v) is 14.1. The first-order valence-electron chi connectivity index (χ1n) is 14.1. The van der Waals surface area contributed by atoms with Crippen LogP contribution in [-0.4, -0.2) is 70.7 Å². The van der Waals surface area contributed by atoms with E-state index in [1.807, 2.05) is 4.90 Å². The fourth-order valence-electron chi connectivity index (χ4n) is 5.79. The van der Waals surface area contributed by atoms with Crippen LogP contribution in [0.5, 0.6) is 0 Å². The normalized spacial score (nSPS) is 19.5. The van der Waals surface area contributed by atoms with Gasteiger partial charge >= 0.3 is 12.1 Å². The van der Waals surface area contributed by atoms with Crippen LogP contribution in [-0.2, 0) is 4.74 Å². The molecule has 2 saturated heterocycles. The predicted molar refractivity (Wildman–Crippen MR) is 153 cm³/mol. The molecule has 1 unspecified atom stereocenters. The number of carboxylic acid groups (broad SMARTS) is 1. The van der Waals surface area contributed by atoms with Gasteiger partial charge in [0.25, 0.3) is 0 Å². The summed E-state index contributed by atoms with van der Waals surface area (Å²) in [6.45, 7) is 1.45. The lowest BCUT2D eigenvalue weighted by atomic mass is 10.1. The average Bonchev–Trinajstić information content (AvgIpc) is 3.55. The molecule has 0 spiro atoms. The van der Waals surface area contributed by atoms with Gasteiger partial charge in [-0.25, -0.2) is 23.4 Å². The molecular weight excluding hydrogens is 580 g/mol. The minimum absolute atomic E-state index is 0.00305. The van der Waals surface area contributed by atoms with Gasteiger partial charge in [-0.3, -0.25) is 9.69 Å². The van der Waals surface area contributed by atoms with Crippen LogP contribution in [0.15, 0.2) is 52.1 Å². The maximum absolute atomic E-state index is 15.4. The van der Waals surface area contributed by atoms with E-state index in [-0.39, 0.29) is 29.4 Å². The lowest BCUT2D eigenvalue weighted by Gasteiger charge is -2.37. The Morgan fingerprint density at radius 2 is 1.80 bits per heavy atom. The molecule has 3 aliphatic rings. The Bertz CT molecular complexity index is 1840. The third-order valence-electron chi connectivity index (χ3n) is 8.31. The summed E-state index contributed by atoms with van der Waals surface area (Å²) in [4.78, 5) is 46.3. The lowest BCUT2D eigenvalue weighted by Crippen LogP contribution is -2.47. The van der Waals surface area contributed by atoms with Crippen molar-refractivity contribution in [1.29, 1.82) is 0 Å². The molecule has 4 aromatic rings. The summed E-state index contributed by atoms with van der Waals surface area (Å²) in [7, 11) is 0. The predicted octanol–water partition coefficient (Wildman–Crippen LogP) is 3.05. The molecule has 15 heteroatoms. The lowest BCUT2D eigenvalue weighted by molar-refractivity contribution is 0.0694. The molecule has 1 aliphatic carbocycles. The number of benzene rings is 1. The van der Waals surface area contributed by atoms with E-state index in [1.165, 1.54) is 23.4 Å². The smallest absolute Gasteiger partial charge is 0.414 e. The number of pyridine rings is 2. The quantitative estimate of drug-likeness (QED) is 0.318. The van der Waals surface area contributed by atoms with E-state index < -0.39 is 46.8 Å². The highest BCUT2D eigenvalue weighted by atomic mass is 19.1. The van der Waals surface area contributed by atoms with Crippen LogP contribution in [0.1, 0.15) is 41.0 Å². The van der Waals surface area contributed by atoms with Gasteiger partial charge in [-0.1, -0.05) is 5.16 Å². The van der Waals surface area contributed by atoms with Crippen molar-refractivity contribution in [3.63, 3.8) is 0 Å². The second-order valence-electron chi connectivity index (χ2n) is 11.1. The van der Waals surface area contributed by atoms with Crippen LogP contribution in [0.4, 0.5) is 30.8 Å². The van der Waals surface area contributed by atoms with Crippen LogP contribution in [0.2, 0.25) is 0 Å². The van der Waals surface area contributed by atoms with Crippen LogP contribution in [0.3, 0.4) is 0 Å². The summed E-state index contributed by atoms with van der Waals surface area (Å²) in [5.41, 5.74) is 6.29. The number of cyclic esters (lactones) is 1. The number of carboxylic acids is 1. The zero-order chi connectivity index (χ0) is 30.7. The van der Waals surface area contributed by atoms with Gasteiger partial charge in [-0.15, -0.1) is 0 Å². The fourth-order valence-corrected chi connectivity index (χ4v) is 5.79. The second-order valence-corrected chi connectivity index (χ2v) is 11.1. The number of halogens is 2. The molecule has 0 bridgehead atoms. The van der Waals surface area contributed by atoms with Crippen molar-refractivity contribution in [2.75, 3.05) is 47.4 Å². The third-order valence-corrected chi connectivity index (χ3v) is 8.31. The molecule has 228 valence electrons. The highest BCUT2D eigenvalue weighted by molar-refractivity contribution is 5.92. The Hall–Kier alpha value is -5.05. The minimum atomic E-state index is -1.37. The molecule has 3 N–H and O–H groups in total. The SMILES string of the molecule is N[C@@H](c1ccon1)C1CN(c2ccc(N3CCN(c4nc5c(cc4F)c(=O)c(C(=O)O)cn5C4CC4)CC3)c(F)c2)C(=O)O1. The van der Waals surface area contributed by atoms with Crippen LogP contribution in [0.25, 0.3) is 11.0 Å². The Labute approximate surface area is 248 Å². The van der Waals surface area contributed by atoms with Crippen molar-refractivity contribution in [2.45, 2.75) is 31.0 Å². The van der Waals surface area contributed by atoms with E-state index >= 15 is 8.78 Å². The summed E-state index contributed by atoms with van der Waals surface area (Å²) in [6, 6.07) is 6.42.